The van der Waals surface area contributed by atoms with Crippen molar-refractivity contribution in [3.8, 4) is 0 Å². The number of aromatic nitrogens is 1. The van der Waals surface area contributed by atoms with Crippen molar-refractivity contribution < 1.29 is 9.84 Å². The van der Waals surface area contributed by atoms with E-state index < -0.39 is 6.10 Å². The predicted octanol–water partition coefficient (Wildman–Crippen LogP) is 1.49. The van der Waals surface area contributed by atoms with E-state index in [1.165, 1.54) is 12.8 Å². The Labute approximate surface area is 108 Å². The maximum atomic E-state index is 9.78. The second kappa shape index (κ2) is 7.46. The Bertz CT molecular complexity index is 326. The molecule has 1 aromatic heterocycles. The van der Waals surface area contributed by atoms with Crippen molar-refractivity contribution in [2.24, 2.45) is 0 Å². The molecule has 1 aliphatic rings. The Morgan fingerprint density at radius 3 is 2.94 bits per heavy atom. The lowest BCUT2D eigenvalue weighted by Gasteiger charge is -2.15. The first-order valence-corrected chi connectivity index (χ1v) is 6.75. The van der Waals surface area contributed by atoms with Crippen molar-refractivity contribution in [2.45, 2.75) is 44.4 Å². The van der Waals surface area contributed by atoms with Gasteiger partial charge in [-0.1, -0.05) is 18.9 Å². The summed E-state index contributed by atoms with van der Waals surface area (Å²) < 4.78 is 5.66. The van der Waals surface area contributed by atoms with E-state index in [2.05, 4.69) is 10.3 Å². The number of hydrogen-bond acceptors (Lipinski definition) is 4. The molecule has 2 N–H and O–H groups in total. The molecule has 1 saturated carbocycles. The molecule has 4 nitrogen and oxygen atoms in total. The molecule has 1 unspecified atom stereocenters. The fraction of sp³-hybridized carbons (Fsp3) is 0.643. The second-order valence-corrected chi connectivity index (χ2v) is 4.85. The quantitative estimate of drug-likeness (QED) is 0.770. The van der Waals surface area contributed by atoms with Gasteiger partial charge in [-0.3, -0.25) is 4.98 Å². The third-order valence-electron chi connectivity index (χ3n) is 3.24. The maximum Gasteiger partial charge on any atom is 0.0897 e. The van der Waals surface area contributed by atoms with Crippen molar-refractivity contribution in [1.82, 2.24) is 10.3 Å². The standard InChI is InChI=1S/C14H22N2O2/c17-13(11-18-14-6-1-2-7-14)10-15-9-12-5-3-4-8-16-12/h3-5,8,13-15,17H,1-2,6-7,9-11H2. The molecule has 1 heterocycles. The zero-order valence-corrected chi connectivity index (χ0v) is 10.7. The number of hydrogen-bond donors (Lipinski definition) is 2. The molecule has 4 heteroatoms. The van der Waals surface area contributed by atoms with Crippen molar-refractivity contribution in [3.63, 3.8) is 0 Å². The van der Waals surface area contributed by atoms with Crippen LogP contribution in [0.15, 0.2) is 24.4 Å². The number of pyridine rings is 1. The van der Waals surface area contributed by atoms with E-state index in [0.717, 1.165) is 18.5 Å². The average Bonchev–Trinajstić information content (AvgIpc) is 2.91. The monoisotopic (exact) mass is 250 g/mol. The van der Waals surface area contributed by atoms with E-state index in [4.69, 9.17) is 4.74 Å². The van der Waals surface area contributed by atoms with Gasteiger partial charge in [0.1, 0.15) is 0 Å². The van der Waals surface area contributed by atoms with Gasteiger partial charge in [0.15, 0.2) is 0 Å². The van der Waals surface area contributed by atoms with E-state index >= 15 is 0 Å². The summed E-state index contributed by atoms with van der Waals surface area (Å²) in [5, 5.41) is 13.0. The topological polar surface area (TPSA) is 54.4 Å². The first-order valence-electron chi connectivity index (χ1n) is 6.75. The van der Waals surface area contributed by atoms with Crippen LogP contribution in [0.3, 0.4) is 0 Å². The minimum absolute atomic E-state index is 0.371. The molecule has 1 atom stereocenters. The highest BCUT2D eigenvalue weighted by molar-refractivity contribution is 5.02. The molecule has 0 aliphatic heterocycles. The van der Waals surface area contributed by atoms with Crippen LogP contribution in [-0.2, 0) is 11.3 Å². The summed E-state index contributed by atoms with van der Waals surface area (Å²) in [6, 6.07) is 5.83. The molecule has 1 aromatic rings. The van der Waals surface area contributed by atoms with Crippen molar-refractivity contribution >= 4 is 0 Å². The molecule has 0 radical (unpaired) electrons. The van der Waals surface area contributed by atoms with Crippen LogP contribution in [0, 0.1) is 0 Å². The first kappa shape index (κ1) is 13.5. The minimum Gasteiger partial charge on any atom is -0.389 e. The molecule has 0 bridgehead atoms. The molecule has 18 heavy (non-hydrogen) atoms. The highest BCUT2D eigenvalue weighted by Gasteiger charge is 2.16. The average molecular weight is 250 g/mol. The summed E-state index contributed by atoms with van der Waals surface area (Å²) in [7, 11) is 0. The number of nitrogens with zero attached hydrogens (tertiary/aromatic N) is 1. The summed E-state index contributed by atoms with van der Waals surface area (Å²) >= 11 is 0. The summed E-state index contributed by atoms with van der Waals surface area (Å²) in [4.78, 5) is 4.21. The van der Waals surface area contributed by atoms with Gasteiger partial charge in [-0.05, 0) is 25.0 Å². The molecule has 1 aliphatic carbocycles. The lowest BCUT2D eigenvalue weighted by atomic mass is 10.3. The Balaban J connectivity index is 1.55. The second-order valence-electron chi connectivity index (χ2n) is 4.85. The van der Waals surface area contributed by atoms with Gasteiger partial charge in [0.2, 0.25) is 0 Å². The summed E-state index contributed by atoms with van der Waals surface area (Å²) in [5.41, 5.74) is 0.987. The minimum atomic E-state index is -0.436. The number of nitrogens with one attached hydrogen (secondary N) is 1. The molecule has 0 amide bonds. The van der Waals surface area contributed by atoms with Crippen LogP contribution in [0.2, 0.25) is 0 Å². The van der Waals surface area contributed by atoms with Crippen LogP contribution >= 0.6 is 0 Å². The normalized spacial score (nSPS) is 18.1. The van der Waals surface area contributed by atoms with Gasteiger partial charge in [0.05, 0.1) is 24.5 Å². The lowest BCUT2D eigenvalue weighted by molar-refractivity contribution is -0.00552. The van der Waals surface area contributed by atoms with E-state index in [-0.39, 0.29) is 0 Å². The highest BCUT2D eigenvalue weighted by Crippen LogP contribution is 2.20. The number of ether oxygens (including phenoxy) is 1. The van der Waals surface area contributed by atoms with Gasteiger partial charge in [-0.25, -0.2) is 0 Å². The van der Waals surface area contributed by atoms with E-state index in [1.807, 2.05) is 18.2 Å². The van der Waals surface area contributed by atoms with Gasteiger partial charge in [-0.15, -0.1) is 0 Å². The Morgan fingerprint density at radius 1 is 1.39 bits per heavy atom. The van der Waals surface area contributed by atoms with Crippen LogP contribution in [0.1, 0.15) is 31.4 Å². The van der Waals surface area contributed by atoms with Crippen LogP contribution < -0.4 is 5.32 Å². The molecular formula is C14H22N2O2. The molecular weight excluding hydrogens is 228 g/mol. The zero-order valence-electron chi connectivity index (χ0n) is 10.7. The largest absolute Gasteiger partial charge is 0.389 e. The number of aliphatic hydroxyl groups excluding tert-OH is 1. The molecule has 0 spiro atoms. The van der Waals surface area contributed by atoms with E-state index in [0.29, 0.717) is 25.8 Å². The van der Waals surface area contributed by atoms with Gasteiger partial charge < -0.3 is 15.2 Å². The third-order valence-corrected chi connectivity index (χ3v) is 3.24. The maximum absolute atomic E-state index is 9.78. The molecule has 2 rings (SSSR count). The number of aliphatic hydroxyl groups is 1. The summed E-state index contributed by atoms with van der Waals surface area (Å²) in [5.74, 6) is 0. The molecule has 100 valence electrons. The van der Waals surface area contributed by atoms with Crippen LogP contribution in [0.25, 0.3) is 0 Å². The molecule has 1 fully saturated rings. The highest BCUT2D eigenvalue weighted by atomic mass is 16.5. The van der Waals surface area contributed by atoms with Crippen molar-refractivity contribution in [2.75, 3.05) is 13.2 Å². The first-order chi connectivity index (χ1) is 8.84. The van der Waals surface area contributed by atoms with Crippen molar-refractivity contribution in [3.05, 3.63) is 30.1 Å². The van der Waals surface area contributed by atoms with Gasteiger partial charge in [0, 0.05) is 19.3 Å². The summed E-state index contributed by atoms with van der Waals surface area (Å²) in [6.45, 7) is 1.66. The van der Waals surface area contributed by atoms with Crippen LogP contribution in [-0.4, -0.2) is 35.5 Å². The Kier molecular flexibility index (Phi) is 5.58. The fourth-order valence-corrected chi connectivity index (χ4v) is 2.23. The van der Waals surface area contributed by atoms with E-state index in [9.17, 15) is 5.11 Å². The van der Waals surface area contributed by atoms with Crippen LogP contribution in [0.5, 0.6) is 0 Å². The SMILES string of the molecule is OC(CNCc1ccccn1)COC1CCCC1. The Morgan fingerprint density at radius 2 is 2.22 bits per heavy atom. The van der Waals surface area contributed by atoms with Gasteiger partial charge in [-0.2, -0.15) is 0 Å². The van der Waals surface area contributed by atoms with E-state index in [1.54, 1.807) is 6.20 Å². The van der Waals surface area contributed by atoms with Gasteiger partial charge >= 0.3 is 0 Å². The third kappa shape index (κ3) is 4.72. The fourth-order valence-electron chi connectivity index (χ4n) is 2.23. The smallest absolute Gasteiger partial charge is 0.0897 e. The molecule has 0 aromatic carbocycles. The van der Waals surface area contributed by atoms with Gasteiger partial charge in [0.25, 0.3) is 0 Å². The summed E-state index contributed by atoms with van der Waals surface area (Å²) in [6.07, 6.45) is 6.53. The van der Waals surface area contributed by atoms with Crippen LogP contribution in [0.4, 0.5) is 0 Å². The number of rotatable bonds is 7. The predicted molar refractivity (Wildman–Crippen MR) is 70.2 cm³/mol. The lowest BCUT2D eigenvalue weighted by Crippen LogP contribution is -2.31. The Hall–Kier alpha value is -0.970. The zero-order chi connectivity index (χ0) is 12.6. The van der Waals surface area contributed by atoms with Crippen molar-refractivity contribution in [1.29, 1.82) is 0 Å². The molecule has 0 saturated heterocycles.